The zero-order valence-electron chi connectivity index (χ0n) is 14.1. The molecule has 1 N–H and O–H groups in total. The van der Waals surface area contributed by atoms with Gasteiger partial charge in [-0.1, -0.05) is 30.3 Å². The van der Waals surface area contributed by atoms with Crippen LogP contribution in [0.5, 0.6) is 0 Å². The molecule has 0 aliphatic heterocycles. The van der Waals surface area contributed by atoms with E-state index in [9.17, 15) is 14.7 Å². The van der Waals surface area contributed by atoms with Crippen LogP contribution in [-0.2, 0) is 13.6 Å². The first-order chi connectivity index (χ1) is 12.0. The number of nitrogens with one attached hydrogen (secondary N) is 1. The van der Waals surface area contributed by atoms with Crippen molar-refractivity contribution in [2.45, 2.75) is 19.6 Å². The van der Waals surface area contributed by atoms with Crippen molar-refractivity contribution >= 4 is 19.0 Å². The van der Waals surface area contributed by atoms with Crippen molar-refractivity contribution in [1.29, 1.82) is 0 Å². The summed E-state index contributed by atoms with van der Waals surface area (Å²) in [7, 11) is -3.60. The maximum atomic E-state index is 13.3. The molecular formula is C17H21N2O5P. The van der Waals surface area contributed by atoms with Crippen molar-refractivity contribution in [2.24, 2.45) is 0 Å². The first kappa shape index (κ1) is 19.1. The second-order valence-electron chi connectivity index (χ2n) is 5.14. The molecule has 8 heteroatoms. The third-order valence-electron chi connectivity index (χ3n) is 3.41. The summed E-state index contributed by atoms with van der Waals surface area (Å²) >= 11 is 0. The van der Waals surface area contributed by atoms with Crippen LogP contribution in [0.15, 0.2) is 54.6 Å². The minimum atomic E-state index is -3.60. The normalized spacial score (nSPS) is 12.6. The van der Waals surface area contributed by atoms with Gasteiger partial charge in [-0.05, 0) is 31.5 Å². The Bertz CT molecular complexity index is 744. The highest BCUT2D eigenvalue weighted by Crippen LogP contribution is 2.60. The van der Waals surface area contributed by atoms with E-state index in [4.69, 9.17) is 9.05 Å². The van der Waals surface area contributed by atoms with E-state index in [-0.39, 0.29) is 18.9 Å². The van der Waals surface area contributed by atoms with Gasteiger partial charge in [0.2, 0.25) is 0 Å². The summed E-state index contributed by atoms with van der Waals surface area (Å²) in [6.07, 6.45) is 0. The summed E-state index contributed by atoms with van der Waals surface area (Å²) in [5.41, 5.74) is 1.08. The lowest BCUT2D eigenvalue weighted by atomic mass is 10.2. The number of nitro benzene ring substituents is 1. The van der Waals surface area contributed by atoms with Gasteiger partial charge < -0.3 is 14.4 Å². The van der Waals surface area contributed by atoms with Gasteiger partial charge in [0.15, 0.2) is 5.78 Å². The molecule has 0 spiro atoms. The fourth-order valence-corrected chi connectivity index (χ4v) is 4.32. The summed E-state index contributed by atoms with van der Waals surface area (Å²) < 4.78 is 24.2. The number of hydrogen-bond donors (Lipinski definition) is 1. The fraction of sp³-hybridized carbons (Fsp3) is 0.294. The molecule has 0 heterocycles. The molecule has 134 valence electrons. The number of nitrogens with zero attached hydrogens (tertiary/aromatic N) is 1. The molecule has 0 fully saturated rings. The molecule has 25 heavy (non-hydrogen) atoms. The van der Waals surface area contributed by atoms with Crippen molar-refractivity contribution in [3.63, 3.8) is 0 Å². The number of nitro groups is 1. The molecule has 0 radical (unpaired) electrons. The maximum Gasteiger partial charge on any atom is 0.357 e. The lowest BCUT2D eigenvalue weighted by Gasteiger charge is -2.28. The van der Waals surface area contributed by atoms with Gasteiger partial charge in [-0.3, -0.25) is 14.7 Å². The van der Waals surface area contributed by atoms with Crippen molar-refractivity contribution < 1.29 is 18.5 Å². The number of non-ortho nitro benzene ring substituents is 1. The minimum absolute atomic E-state index is 0.0862. The van der Waals surface area contributed by atoms with Crippen LogP contribution in [0, 0.1) is 10.1 Å². The summed E-state index contributed by atoms with van der Waals surface area (Å²) in [6, 6.07) is 15.1. The van der Waals surface area contributed by atoms with E-state index in [0.717, 1.165) is 0 Å². The van der Waals surface area contributed by atoms with Crippen LogP contribution in [0.2, 0.25) is 0 Å². The Hall–Kier alpha value is -2.21. The van der Waals surface area contributed by atoms with Crippen molar-refractivity contribution in [2.75, 3.05) is 18.5 Å². The molecule has 0 aliphatic carbocycles. The van der Waals surface area contributed by atoms with Crippen molar-refractivity contribution in [1.82, 2.24) is 0 Å². The highest BCUT2D eigenvalue weighted by atomic mass is 31.2. The highest BCUT2D eigenvalue weighted by molar-refractivity contribution is 7.54. The van der Waals surface area contributed by atoms with Crippen molar-refractivity contribution in [3.8, 4) is 0 Å². The zero-order valence-corrected chi connectivity index (χ0v) is 15.0. The molecule has 0 aromatic heterocycles. The van der Waals surface area contributed by atoms with Gasteiger partial charge in [-0.15, -0.1) is 0 Å². The molecule has 0 bridgehead atoms. The first-order valence-corrected chi connectivity index (χ1v) is 9.56. The van der Waals surface area contributed by atoms with Crippen LogP contribution in [0.3, 0.4) is 0 Å². The van der Waals surface area contributed by atoms with Gasteiger partial charge in [0, 0.05) is 17.8 Å². The Morgan fingerprint density at radius 3 is 2.28 bits per heavy atom. The van der Waals surface area contributed by atoms with E-state index >= 15 is 0 Å². The summed E-state index contributed by atoms with van der Waals surface area (Å²) in [4.78, 5) is 10.6. The number of anilines is 1. The summed E-state index contributed by atoms with van der Waals surface area (Å²) in [6.45, 7) is 3.83. The second-order valence-corrected chi connectivity index (χ2v) is 7.25. The van der Waals surface area contributed by atoms with Crippen LogP contribution in [-0.4, -0.2) is 18.1 Å². The van der Waals surface area contributed by atoms with Gasteiger partial charge in [-0.25, -0.2) is 0 Å². The molecule has 0 amide bonds. The van der Waals surface area contributed by atoms with Crippen LogP contribution >= 0.6 is 7.60 Å². The predicted molar refractivity (Wildman–Crippen MR) is 96.8 cm³/mol. The van der Waals surface area contributed by atoms with Gasteiger partial charge in [-0.2, -0.15) is 0 Å². The van der Waals surface area contributed by atoms with Gasteiger partial charge in [0.1, 0.15) is 0 Å². The van der Waals surface area contributed by atoms with E-state index in [0.29, 0.717) is 11.3 Å². The molecule has 2 aromatic rings. The lowest BCUT2D eigenvalue weighted by Crippen LogP contribution is -2.15. The molecule has 0 saturated heterocycles. The van der Waals surface area contributed by atoms with Crippen LogP contribution in [0.4, 0.5) is 11.4 Å². The van der Waals surface area contributed by atoms with Gasteiger partial charge in [0.05, 0.1) is 18.1 Å². The van der Waals surface area contributed by atoms with Gasteiger partial charge in [0.25, 0.3) is 5.69 Å². The topological polar surface area (TPSA) is 90.7 Å². The molecule has 0 aliphatic rings. The molecule has 1 atom stereocenters. The molecule has 2 aromatic carbocycles. The third-order valence-corrected chi connectivity index (χ3v) is 5.70. The molecule has 1 unspecified atom stereocenters. The highest BCUT2D eigenvalue weighted by Gasteiger charge is 2.37. The van der Waals surface area contributed by atoms with Crippen LogP contribution < -0.4 is 5.32 Å². The Morgan fingerprint density at radius 2 is 1.72 bits per heavy atom. The summed E-state index contributed by atoms with van der Waals surface area (Å²) in [5, 5.41) is 14.2. The fourth-order valence-electron chi connectivity index (χ4n) is 2.39. The molecule has 0 saturated carbocycles. The number of benzene rings is 2. The van der Waals surface area contributed by atoms with Crippen molar-refractivity contribution in [3.05, 3.63) is 70.3 Å². The SMILES string of the molecule is CCOP(=O)(OCC)C(Nc1ccccc1)c1cccc([N+](=O)[O-])c1. The van der Waals surface area contributed by atoms with E-state index in [1.165, 1.54) is 12.1 Å². The molecule has 2 rings (SSSR count). The largest absolute Gasteiger partial charge is 0.368 e. The monoisotopic (exact) mass is 364 g/mol. The average molecular weight is 364 g/mol. The van der Waals surface area contributed by atoms with Crippen LogP contribution in [0.25, 0.3) is 0 Å². The Labute approximate surface area is 146 Å². The minimum Gasteiger partial charge on any atom is -0.368 e. The summed E-state index contributed by atoms with van der Waals surface area (Å²) in [5.74, 6) is -0.866. The third kappa shape index (κ3) is 4.89. The predicted octanol–water partition coefficient (Wildman–Crippen LogP) is 4.97. The number of hydrogen-bond acceptors (Lipinski definition) is 6. The average Bonchev–Trinajstić information content (AvgIpc) is 2.61. The Kier molecular flexibility index (Phi) is 6.70. The standard InChI is InChI=1S/C17H21N2O5P/c1-3-23-25(22,24-4-2)17(18-15-10-6-5-7-11-15)14-9-8-12-16(13-14)19(20)21/h5-13,17-18H,3-4H2,1-2H3. The van der Waals surface area contributed by atoms with E-state index in [2.05, 4.69) is 5.32 Å². The quantitative estimate of drug-likeness (QED) is 0.384. The smallest absolute Gasteiger partial charge is 0.357 e. The first-order valence-electron chi connectivity index (χ1n) is 7.95. The van der Waals surface area contributed by atoms with Gasteiger partial charge >= 0.3 is 7.60 Å². The number of rotatable bonds is 9. The number of para-hydroxylation sites is 1. The molecule has 7 nitrogen and oxygen atoms in total. The Balaban J connectivity index is 2.49. The second kappa shape index (κ2) is 8.76. The van der Waals surface area contributed by atoms with E-state index < -0.39 is 18.3 Å². The van der Waals surface area contributed by atoms with E-state index in [1.54, 1.807) is 26.0 Å². The Morgan fingerprint density at radius 1 is 1.08 bits per heavy atom. The van der Waals surface area contributed by atoms with E-state index in [1.807, 2.05) is 30.3 Å². The molecular weight excluding hydrogens is 343 g/mol. The lowest BCUT2D eigenvalue weighted by molar-refractivity contribution is -0.384. The zero-order chi connectivity index (χ0) is 18.3. The maximum absolute atomic E-state index is 13.3. The van der Waals surface area contributed by atoms with Crippen LogP contribution in [0.1, 0.15) is 25.2 Å².